The predicted molar refractivity (Wildman–Crippen MR) is 115 cm³/mol. The molecule has 3 amide bonds. The van der Waals surface area contributed by atoms with Gasteiger partial charge in [-0.1, -0.05) is 0 Å². The van der Waals surface area contributed by atoms with Crippen LogP contribution in [0.2, 0.25) is 0 Å². The smallest absolute Gasteiger partial charge is 0.410 e. The zero-order valence-electron chi connectivity index (χ0n) is 19.0. The third-order valence-corrected chi connectivity index (χ3v) is 8.56. The van der Waals surface area contributed by atoms with Crippen molar-refractivity contribution in [3.8, 4) is 0 Å². The van der Waals surface area contributed by atoms with Crippen molar-refractivity contribution in [1.29, 1.82) is 0 Å². The van der Waals surface area contributed by atoms with E-state index in [-0.39, 0.29) is 17.5 Å². The molecule has 1 spiro atoms. The number of rotatable bonds is 1. The van der Waals surface area contributed by atoms with Crippen LogP contribution >= 0.6 is 0 Å². The van der Waals surface area contributed by atoms with Crippen molar-refractivity contribution in [2.75, 3.05) is 26.2 Å². The Morgan fingerprint density at radius 2 is 1.53 bits per heavy atom. The van der Waals surface area contributed by atoms with Crippen LogP contribution in [0.1, 0.15) is 72.1 Å². The molecule has 4 bridgehead atoms. The Balaban J connectivity index is 1.19. The van der Waals surface area contributed by atoms with E-state index in [4.69, 9.17) is 4.74 Å². The number of hydrogen-bond acceptors (Lipinski definition) is 3. The zero-order valence-corrected chi connectivity index (χ0v) is 19.0. The van der Waals surface area contributed by atoms with Gasteiger partial charge in [-0.15, -0.1) is 0 Å². The number of piperidine rings is 1. The van der Waals surface area contributed by atoms with Crippen LogP contribution in [-0.4, -0.2) is 59.7 Å². The molecule has 6 nitrogen and oxygen atoms in total. The maximum absolute atomic E-state index is 13.2. The predicted octanol–water partition coefficient (Wildman–Crippen LogP) is 4.24. The summed E-state index contributed by atoms with van der Waals surface area (Å²) in [5.74, 6) is 3.27. The molecular formula is C24H39N3O3. The molecule has 168 valence electrons. The van der Waals surface area contributed by atoms with Crippen LogP contribution in [0.25, 0.3) is 0 Å². The number of nitrogens with zero attached hydrogens (tertiary/aromatic N) is 2. The zero-order chi connectivity index (χ0) is 21.1. The molecule has 0 aromatic heterocycles. The number of nitrogens with one attached hydrogen (secondary N) is 1. The van der Waals surface area contributed by atoms with Crippen molar-refractivity contribution in [3.05, 3.63) is 0 Å². The minimum atomic E-state index is -0.468. The third-order valence-electron chi connectivity index (χ3n) is 8.56. The molecule has 4 aliphatic carbocycles. The molecule has 2 aliphatic heterocycles. The number of hydrogen-bond donors (Lipinski definition) is 1. The number of amides is 3. The summed E-state index contributed by atoms with van der Waals surface area (Å²) >= 11 is 0. The first-order valence-electron chi connectivity index (χ1n) is 12.2. The first kappa shape index (κ1) is 20.4. The number of urea groups is 1. The largest absolute Gasteiger partial charge is 0.444 e. The standard InChI is InChI=1S/C24H39N3O3/c1-23(2,3)30-22(29)27-8-6-24(15-27)5-4-7-26(14-24)21(28)25-20-18-10-16-9-17(12-18)13-19(20)11-16/h16-20H,4-15H2,1-3H3,(H,25,28). The lowest BCUT2D eigenvalue weighted by Gasteiger charge is -2.54. The highest BCUT2D eigenvalue weighted by atomic mass is 16.6. The van der Waals surface area contributed by atoms with Gasteiger partial charge in [0, 0.05) is 37.6 Å². The van der Waals surface area contributed by atoms with Gasteiger partial charge in [0.25, 0.3) is 0 Å². The van der Waals surface area contributed by atoms with Crippen LogP contribution in [0.15, 0.2) is 0 Å². The third kappa shape index (κ3) is 3.91. The molecule has 1 N–H and O–H groups in total. The number of carbonyl (C=O) groups excluding carboxylic acids is 2. The van der Waals surface area contributed by atoms with E-state index in [0.717, 1.165) is 50.7 Å². The Labute approximate surface area is 181 Å². The van der Waals surface area contributed by atoms with Gasteiger partial charge in [0.05, 0.1) is 0 Å². The molecule has 30 heavy (non-hydrogen) atoms. The molecule has 6 heteroatoms. The van der Waals surface area contributed by atoms with Crippen molar-refractivity contribution >= 4 is 12.1 Å². The highest BCUT2D eigenvalue weighted by Gasteiger charge is 2.50. The van der Waals surface area contributed by atoms with Crippen LogP contribution in [0.3, 0.4) is 0 Å². The molecule has 6 rings (SSSR count). The van der Waals surface area contributed by atoms with Gasteiger partial charge in [0.1, 0.15) is 5.60 Å². The summed E-state index contributed by atoms with van der Waals surface area (Å²) in [5, 5.41) is 3.48. The Morgan fingerprint density at radius 3 is 2.17 bits per heavy atom. The first-order chi connectivity index (χ1) is 14.2. The highest BCUT2D eigenvalue weighted by Crippen LogP contribution is 2.53. The first-order valence-corrected chi connectivity index (χ1v) is 12.2. The Kier molecular flexibility index (Phi) is 4.98. The molecule has 0 aromatic carbocycles. The van der Waals surface area contributed by atoms with Gasteiger partial charge >= 0.3 is 12.1 Å². The molecule has 2 saturated heterocycles. The maximum atomic E-state index is 13.2. The van der Waals surface area contributed by atoms with Crippen molar-refractivity contribution in [2.45, 2.75) is 83.8 Å². The van der Waals surface area contributed by atoms with Gasteiger partial charge in [0.15, 0.2) is 0 Å². The summed E-state index contributed by atoms with van der Waals surface area (Å²) in [7, 11) is 0. The van der Waals surface area contributed by atoms with Crippen LogP contribution < -0.4 is 5.32 Å². The molecule has 6 fully saturated rings. The van der Waals surface area contributed by atoms with E-state index in [1.807, 2.05) is 30.6 Å². The van der Waals surface area contributed by atoms with Gasteiger partial charge in [-0.05, 0) is 95.8 Å². The summed E-state index contributed by atoms with van der Waals surface area (Å²) in [4.78, 5) is 29.7. The molecular weight excluding hydrogens is 378 g/mol. The van der Waals surface area contributed by atoms with E-state index in [0.29, 0.717) is 24.4 Å². The fourth-order valence-corrected chi connectivity index (χ4v) is 7.53. The van der Waals surface area contributed by atoms with Crippen LogP contribution in [0.5, 0.6) is 0 Å². The molecule has 1 atom stereocenters. The van der Waals surface area contributed by atoms with Crippen LogP contribution in [0.4, 0.5) is 9.59 Å². The van der Waals surface area contributed by atoms with E-state index in [9.17, 15) is 9.59 Å². The Morgan fingerprint density at radius 1 is 0.900 bits per heavy atom. The second kappa shape index (κ2) is 7.30. The Bertz CT molecular complexity index is 674. The van der Waals surface area contributed by atoms with Gasteiger partial charge in [0.2, 0.25) is 0 Å². The fourth-order valence-electron chi connectivity index (χ4n) is 7.53. The van der Waals surface area contributed by atoms with E-state index in [1.165, 1.54) is 32.1 Å². The summed E-state index contributed by atoms with van der Waals surface area (Å²) < 4.78 is 5.58. The highest BCUT2D eigenvalue weighted by molar-refractivity contribution is 5.75. The minimum Gasteiger partial charge on any atom is -0.444 e. The SMILES string of the molecule is CC(C)(C)OC(=O)N1CCC2(CCCN(C(=O)NC3C4CC5CC(C4)CC3C5)C2)C1. The average Bonchev–Trinajstić information content (AvgIpc) is 3.06. The summed E-state index contributed by atoms with van der Waals surface area (Å²) in [6.45, 7) is 8.79. The molecule has 1 unspecified atom stereocenters. The fraction of sp³-hybridized carbons (Fsp3) is 0.917. The van der Waals surface area contributed by atoms with E-state index >= 15 is 0 Å². The molecule has 4 saturated carbocycles. The van der Waals surface area contributed by atoms with E-state index < -0.39 is 5.60 Å². The second-order valence-corrected chi connectivity index (χ2v) is 12.1. The quantitative estimate of drug-likeness (QED) is 0.694. The number of ether oxygens (including phenoxy) is 1. The van der Waals surface area contributed by atoms with Gasteiger partial charge in [-0.2, -0.15) is 0 Å². The summed E-state index contributed by atoms with van der Waals surface area (Å²) in [6, 6.07) is 0.535. The number of likely N-dealkylation sites (tertiary alicyclic amines) is 2. The molecule has 0 aromatic rings. The van der Waals surface area contributed by atoms with E-state index in [1.54, 1.807) is 0 Å². The minimum absolute atomic E-state index is 0.0383. The maximum Gasteiger partial charge on any atom is 0.410 e. The lowest BCUT2D eigenvalue weighted by Crippen LogP contribution is -2.59. The van der Waals surface area contributed by atoms with Crippen molar-refractivity contribution < 1.29 is 14.3 Å². The number of carbonyl (C=O) groups is 2. The lowest BCUT2D eigenvalue weighted by atomic mass is 9.54. The van der Waals surface area contributed by atoms with Crippen LogP contribution in [0, 0.1) is 29.1 Å². The van der Waals surface area contributed by atoms with Gasteiger partial charge < -0.3 is 19.9 Å². The monoisotopic (exact) mass is 417 g/mol. The normalized spacial score (nSPS) is 40.2. The Hall–Kier alpha value is -1.46. The van der Waals surface area contributed by atoms with Gasteiger partial charge in [-0.3, -0.25) is 0 Å². The lowest BCUT2D eigenvalue weighted by molar-refractivity contribution is -0.0123. The van der Waals surface area contributed by atoms with Crippen LogP contribution in [-0.2, 0) is 4.74 Å². The molecule has 6 aliphatic rings. The topological polar surface area (TPSA) is 61.9 Å². The average molecular weight is 418 g/mol. The molecule has 2 heterocycles. The summed E-state index contributed by atoms with van der Waals surface area (Å²) in [5.41, 5.74) is -0.430. The van der Waals surface area contributed by atoms with Gasteiger partial charge in [-0.25, -0.2) is 9.59 Å². The summed E-state index contributed by atoms with van der Waals surface area (Å²) in [6.07, 6.45) is 9.61. The van der Waals surface area contributed by atoms with Crippen molar-refractivity contribution in [1.82, 2.24) is 15.1 Å². The second-order valence-electron chi connectivity index (χ2n) is 12.1. The molecule has 0 radical (unpaired) electrons. The van der Waals surface area contributed by atoms with Crippen molar-refractivity contribution in [2.24, 2.45) is 29.1 Å². The van der Waals surface area contributed by atoms with Crippen molar-refractivity contribution in [3.63, 3.8) is 0 Å². The van der Waals surface area contributed by atoms with E-state index in [2.05, 4.69) is 5.32 Å².